The zero-order chi connectivity index (χ0) is 13.7. The Morgan fingerprint density at radius 1 is 1.42 bits per heavy atom. The molecule has 1 aromatic carbocycles. The number of carbonyl (C=O) groups excluding carboxylic acids is 1. The second-order valence-electron chi connectivity index (χ2n) is 4.55. The van der Waals surface area contributed by atoms with Crippen molar-refractivity contribution in [1.29, 1.82) is 0 Å². The summed E-state index contributed by atoms with van der Waals surface area (Å²) in [4.78, 5) is 15.1. The van der Waals surface area contributed by atoms with Gasteiger partial charge in [0.15, 0.2) is 0 Å². The van der Waals surface area contributed by atoms with Crippen molar-refractivity contribution in [3.05, 3.63) is 54.5 Å². The monoisotopic (exact) mass is 254 g/mol. The Labute approximate surface area is 113 Å². The number of benzene rings is 1. The molecule has 1 aromatic heterocycles. The van der Waals surface area contributed by atoms with E-state index < -0.39 is 0 Å². The Kier molecular flexibility index (Phi) is 4.29. The molecule has 1 N–H and O–H groups in total. The lowest BCUT2D eigenvalue weighted by Crippen LogP contribution is -2.17. The van der Waals surface area contributed by atoms with Crippen LogP contribution in [0.1, 0.15) is 31.4 Å². The van der Waals surface area contributed by atoms with Crippen LogP contribution in [-0.4, -0.2) is 11.4 Å². The number of hydrogen-bond donors (Lipinski definition) is 1. The second kappa shape index (κ2) is 6.14. The zero-order valence-corrected chi connectivity index (χ0v) is 11.1. The fourth-order valence-electron chi connectivity index (χ4n) is 2.36. The molecule has 1 atom stereocenters. The van der Waals surface area contributed by atoms with E-state index in [0.717, 1.165) is 29.3 Å². The first-order valence-electron chi connectivity index (χ1n) is 6.50. The van der Waals surface area contributed by atoms with Crippen molar-refractivity contribution in [3.63, 3.8) is 0 Å². The third kappa shape index (κ3) is 2.81. The number of fused-ring (bicyclic) bond motifs is 1. The van der Waals surface area contributed by atoms with Crippen molar-refractivity contribution in [2.24, 2.45) is 0 Å². The summed E-state index contributed by atoms with van der Waals surface area (Å²) < 4.78 is 0. The lowest BCUT2D eigenvalue weighted by Gasteiger charge is -2.19. The molecular formula is C16H18N2O. The van der Waals surface area contributed by atoms with Crippen molar-refractivity contribution in [2.45, 2.75) is 25.7 Å². The van der Waals surface area contributed by atoms with E-state index in [1.807, 2.05) is 24.4 Å². The Balaban J connectivity index is 2.49. The van der Waals surface area contributed by atoms with Crippen LogP contribution < -0.4 is 5.32 Å². The van der Waals surface area contributed by atoms with E-state index in [-0.39, 0.29) is 5.92 Å². The Morgan fingerprint density at radius 3 is 2.95 bits per heavy atom. The van der Waals surface area contributed by atoms with Gasteiger partial charge in [0.05, 0.1) is 5.69 Å². The predicted molar refractivity (Wildman–Crippen MR) is 77.7 cm³/mol. The van der Waals surface area contributed by atoms with Crippen LogP contribution in [0.3, 0.4) is 0 Å². The van der Waals surface area contributed by atoms with Crippen molar-refractivity contribution in [2.75, 3.05) is 0 Å². The minimum Gasteiger partial charge on any atom is -0.332 e. The fraction of sp³-hybridized carbons (Fsp3) is 0.250. The molecule has 0 radical (unpaired) electrons. The van der Waals surface area contributed by atoms with Crippen LogP contribution in [0.5, 0.6) is 0 Å². The van der Waals surface area contributed by atoms with Gasteiger partial charge in [0, 0.05) is 23.2 Å². The molecule has 1 heterocycles. The number of carbonyl (C=O) groups is 1. The first-order chi connectivity index (χ1) is 9.27. The van der Waals surface area contributed by atoms with Crippen LogP contribution in [0.2, 0.25) is 0 Å². The Hall–Kier alpha value is -2.16. The van der Waals surface area contributed by atoms with Crippen molar-refractivity contribution >= 4 is 17.2 Å². The van der Waals surface area contributed by atoms with Crippen LogP contribution >= 0.6 is 0 Å². The summed E-state index contributed by atoms with van der Waals surface area (Å²) >= 11 is 0. The molecule has 3 nitrogen and oxygen atoms in total. The maximum atomic E-state index is 10.6. The smallest absolute Gasteiger partial charge is 0.211 e. The number of pyridine rings is 1. The Bertz CT molecular complexity index is 587. The molecule has 0 saturated heterocycles. The number of hydrogen-bond acceptors (Lipinski definition) is 2. The second-order valence-corrected chi connectivity index (χ2v) is 4.55. The van der Waals surface area contributed by atoms with Gasteiger partial charge >= 0.3 is 0 Å². The number of nitrogens with one attached hydrogen (secondary N) is 1. The van der Waals surface area contributed by atoms with Crippen LogP contribution in [0.25, 0.3) is 10.8 Å². The summed E-state index contributed by atoms with van der Waals surface area (Å²) in [6.07, 6.45) is 4.42. The average Bonchev–Trinajstić information content (AvgIpc) is 2.44. The largest absolute Gasteiger partial charge is 0.332 e. The highest BCUT2D eigenvalue weighted by atomic mass is 16.1. The van der Waals surface area contributed by atoms with Crippen molar-refractivity contribution in [1.82, 2.24) is 10.3 Å². The molecule has 2 rings (SSSR count). The molecule has 0 saturated carbocycles. The maximum absolute atomic E-state index is 10.6. The maximum Gasteiger partial charge on any atom is 0.211 e. The molecule has 0 aliphatic heterocycles. The van der Waals surface area contributed by atoms with E-state index in [4.69, 9.17) is 0 Å². The third-order valence-electron chi connectivity index (χ3n) is 3.28. The SMILES string of the molecule is C=C(NC=O)C(CCC)c1nccc2ccccc12. The molecule has 1 amide bonds. The van der Waals surface area contributed by atoms with Gasteiger partial charge in [-0.2, -0.15) is 0 Å². The summed E-state index contributed by atoms with van der Waals surface area (Å²) in [5.41, 5.74) is 1.69. The fourth-order valence-corrected chi connectivity index (χ4v) is 2.36. The standard InChI is InChI=1S/C16H18N2O/c1-3-6-14(12(2)18-11-19)16-15-8-5-4-7-13(15)9-10-17-16/h4-5,7-11,14H,2-3,6H2,1H3,(H,18,19). The molecule has 0 aliphatic carbocycles. The van der Waals surface area contributed by atoms with Gasteiger partial charge in [0.25, 0.3) is 0 Å². The lowest BCUT2D eigenvalue weighted by molar-refractivity contribution is -0.109. The normalized spacial score (nSPS) is 12.1. The van der Waals surface area contributed by atoms with E-state index >= 15 is 0 Å². The lowest BCUT2D eigenvalue weighted by atomic mass is 9.92. The van der Waals surface area contributed by atoms with Gasteiger partial charge in [0.1, 0.15) is 0 Å². The molecule has 3 heteroatoms. The van der Waals surface area contributed by atoms with Crippen molar-refractivity contribution < 1.29 is 4.79 Å². The van der Waals surface area contributed by atoms with E-state index in [9.17, 15) is 4.79 Å². The van der Waals surface area contributed by atoms with Gasteiger partial charge in [0.2, 0.25) is 6.41 Å². The highest BCUT2D eigenvalue weighted by Crippen LogP contribution is 2.30. The van der Waals surface area contributed by atoms with Crippen LogP contribution in [0.4, 0.5) is 0 Å². The van der Waals surface area contributed by atoms with Crippen molar-refractivity contribution in [3.8, 4) is 0 Å². The summed E-state index contributed by atoms with van der Waals surface area (Å²) in [6.45, 7) is 6.08. The number of aromatic nitrogens is 1. The van der Waals surface area contributed by atoms with E-state index in [2.05, 4.69) is 35.9 Å². The van der Waals surface area contributed by atoms with Crippen LogP contribution in [-0.2, 0) is 4.79 Å². The van der Waals surface area contributed by atoms with Gasteiger partial charge in [-0.1, -0.05) is 44.2 Å². The minimum atomic E-state index is 0.0568. The minimum absolute atomic E-state index is 0.0568. The highest BCUT2D eigenvalue weighted by Gasteiger charge is 2.18. The third-order valence-corrected chi connectivity index (χ3v) is 3.28. The van der Waals surface area contributed by atoms with Gasteiger partial charge in [-0.15, -0.1) is 0 Å². The van der Waals surface area contributed by atoms with E-state index in [0.29, 0.717) is 12.1 Å². The first-order valence-corrected chi connectivity index (χ1v) is 6.50. The molecule has 2 aromatic rings. The Morgan fingerprint density at radius 2 is 2.21 bits per heavy atom. The van der Waals surface area contributed by atoms with Gasteiger partial charge < -0.3 is 5.32 Å². The molecule has 0 aliphatic rings. The van der Waals surface area contributed by atoms with Gasteiger partial charge in [-0.25, -0.2) is 0 Å². The number of nitrogens with zero attached hydrogens (tertiary/aromatic N) is 1. The molecule has 19 heavy (non-hydrogen) atoms. The van der Waals surface area contributed by atoms with Gasteiger partial charge in [-0.05, 0) is 17.9 Å². The summed E-state index contributed by atoms with van der Waals surface area (Å²) in [6, 6.07) is 10.2. The molecule has 0 fully saturated rings. The number of rotatable bonds is 6. The van der Waals surface area contributed by atoms with Crippen LogP contribution in [0, 0.1) is 0 Å². The van der Waals surface area contributed by atoms with Crippen LogP contribution in [0.15, 0.2) is 48.8 Å². The summed E-state index contributed by atoms with van der Waals surface area (Å²) in [5.74, 6) is 0.0568. The molecule has 98 valence electrons. The topological polar surface area (TPSA) is 42.0 Å². The van der Waals surface area contributed by atoms with Gasteiger partial charge in [-0.3, -0.25) is 9.78 Å². The highest BCUT2D eigenvalue weighted by molar-refractivity contribution is 5.85. The number of allylic oxidation sites excluding steroid dienone is 1. The summed E-state index contributed by atoms with van der Waals surface area (Å²) in [7, 11) is 0. The average molecular weight is 254 g/mol. The molecular weight excluding hydrogens is 236 g/mol. The van der Waals surface area contributed by atoms with E-state index in [1.165, 1.54) is 0 Å². The zero-order valence-electron chi connectivity index (χ0n) is 11.1. The quantitative estimate of drug-likeness (QED) is 0.803. The first kappa shape index (κ1) is 13.3. The van der Waals surface area contributed by atoms with E-state index in [1.54, 1.807) is 0 Å². The molecule has 0 spiro atoms. The molecule has 0 bridgehead atoms. The predicted octanol–water partition coefficient (Wildman–Crippen LogP) is 3.38. The molecule has 1 unspecified atom stereocenters. The number of amides is 1. The summed E-state index contributed by atoms with van der Waals surface area (Å²) in [5, 5.41) is 4.96.